The van der Waals surface area contributed by atoms with Crippen LogP contribution in [0.3, 0.4) is 0 Å². The summed E-state index contributed by atoms with van der Waals surface area (Å²) >= 11 is 0. The number of anilines is 1. The second kappa shape index (κ2) is 5.47. The number of nitrogens with zero attached hydrogens (tertiary/aromatic N) is 1. The van der Waals surface area contributed by atoms with Gasteiger partial charge in [0.1, 0.15) is 0 Å². The highest BCUT2D eigenvalue weighted by atomic mass is 16.1. The summed E-state index contributed by atoms with van der Waals surface area (Å²) in [7, 11) is 0. The first-order valence-corrected chi connectivity index (χ1v) is 5.19. The van der Waals surface area contributed by atoms with Gasteiger partial charge < -0.3 is 10.3 Å². The highest BCUT2D eigenvalue weighted by Gasteiger charge is 1.94. The van der Waals surface area contributed by atoms with Gasteiger partial charge in [-0.15, -0.1) is 0 Å². The van der Waals surface area contributed by atoms with Gasteiger partial charge in [0.25, 0.3) is 0 Å². The summed E-state index contributed by atoms with van der Waals surface area (Å²) in [4.78, 5) is 11.0. The summed E-state index contributed by atoms with van der Waals surface area (Å²) in [5, 5.41) is 0. The van der Waals surface area contributed by atoms with E-state index in [4.69, 9.17) is 5.73 Å². The van der Waals surface area contributed by atoms with E-state index in [-0.39, 0.29) is 5.43 Å². The molecule has 0 aliphatic carbocycles. The molecule has 0 atom stereocenters. The zero-order valence-electron chi connectivity index (χ0n) is 8.70. The lowest BCUT2D eigenvalue weighted by Crippen LogP contribution is -2.10. The predicted octanol–water partition coefficient (Wildman–Crippen LogP) is 2.01. The van der Waals surface area contributed by atoms with Crippen LogP contribution in [0.4, 0.5) is 5.69 Å². The van der Waals surface area contributed by atoms with Crippen molar-refractivity contribution in [1.82, 2.24) is 4.57 Å². The van der Waals surface area contributed by atoms with Crippen molar-refractivity contribution < 1.29 is 0 Å². The predicted molar refractivity (Wildman–Crippen MR) is 59.3 cm³/mol. The summed E-state index contributed by atoms with van der Waals surface area (Å²) in [6.07, 6.45) is 8.42. The monoisotopic (exact) mass is 194 g/mol. The third kappa shape index (κ3) is 3.24. The summed E-state index contributed by atoms with van der Waals surface area (Å²) in [5.41, 5.74) is 5.77. The van der Waals surface area contributed by atoms with Crippen LogP contribution in [0.5, 0.6) is 0 Å². The Kier molecular flexibility index (Phi) is 4.23. The molecule has 0 saturated carbocycles. The number of nitrogens with two attached hydrogens (primary N) is 1. The third-order valence-electron chi connectivity index (χ3n) is 2.28. The van der Waals surface area contributed by atoms with Crippen LogP contribution in [0, 0.1) is 0 Å². The molecule has 0 bridgehead atoms. The standard InChI is InChI=1S/C11H18N2O/c1-2-3-4-5-7-13-8-6-11(14)10(12)9-13/h6,8-9H,2-5,7,12H2,1H3. The van der Waals surface area contributed by atoms with Crippen LogP contribution in [0.2, 0.25) is 0 Å². The minimum Gasteiger partial charge on any atom is -0.394 e. The van der Waals surface area contributed by atoms with E-state index >= 15 is 0 Å². The molecule has 78 valence electrons. The van der Waals surface area contributed by atoms with E-state index in [1.807, 2.05) is 4.57 Å². The number of hydrogen-bond donors (Lipinski definition) is 1. The zero-order valence-corrected chi connectivity index (χ0v) is 8.70. The second-order valence-electron chi connectivity index (χ2n) is 3.56. The molecule has 0 amide bonds. The van der Waals surface area contributed by atoms with E-state index in [1.54, 1.807) is 12.4 Å². The van der Waals surface area contributed by atoms with Gasteiger partial charge in [0.15, 0.2) is 0 Å². The molecular weight excluding hydrogens is 176 g/mol. The number of nitrogen functional groups attached to an aromatic ring is 1. The van der Waals surface area contributed by atoms with Gasteiger partial charge in [-0.1, -0.05) is 26.2 Å². The van der Waals surface area contributed by atoms with Crippen LogP contribution < -0.4 is 11.2 Å². The van der Waals surface area contributed by atoms with Crippen molar-refractivity contribution in [2.24, 2.45) is 0 Å². The summed E-state index contributed by atoms with van der Waals surface area (Å²) in [5.74, 6) is 0. The number of unbranched alkanes of at least 4 members (excludes halogenated alkanes) is 3. The lowest BCUT2D eigenvalue weighted by Gasteiger charge is -2.05. The molecule has 1 aromatic heterocycles. The highest BCUT2D eigenvalue weighted by Crippen LogP contribution is 2.02. The molecule has 3 heteroatoms. The molecular formula is C11H18N2O. The van der Waals surface area contributed by atoms with E-state index < -0.39 is 0 Å². The van der Waals surface area contributed by atoms with Crippen molar-refractivity contribution in [1.29, 1.82) is 0 Å². The lowest BCUT2D eigenvalue weighted by atomic mass is 10.2. The maximum absolute atomic E-state index is 11.0. The van der Waals surface area contributed by atoms with Crippen LogP contribution in [0.15, 0.2) is 23.3 Å². The van der Waals surface area contributed by atoms with Crippen LogP contribution in [-0.4, -0.2) is 4.57 Å². The first kappa shape index (κ1) is 10.8. The van der Waals surface area contributed by atoms with E-state index in [1.165, 1.54) is 25.3 Å². The van der Waals surface area contributed by atoms with Crippen LogP contribution in [0.1, 0.15) is 32.6 Å². The molecule has 14 heavy (non-hydrogen) atoms. The fraction of sp³-hybridized carbons (Fsp3) is 0.545. The van der Waals surface area contributed by atoms with Gasteiger partial charge in [0, 0.05) is 25.0 Å². The average molecular weight is 194 g/mol. The summed E-state index contributed by atoms with van der Waals surface area (Å²) in [6, 6.07) is 1.52. The molecule has 0 saturated heterocycles. The van der Waals surface area contributed by atoms with Gasteiger partial charge in [-0.25, -0.2) is 0 Å². The van der Waals surface area contributed by atoms with Gasteiger partial charge in [-0.2, -0.15) is 0 Å². The molecule has 0 fully saturated rings. The molecule has 2 N–H and O–H groups in total. The Labute approximate surface area is 84.6 Å². The Bertz CT molecular complexity index is 330. The second-order valence-corrected chi connectivity index (χ2v) is 3.56. The number of hydrogen-bond acceptors (Lipinski definition) is 2. The van der Waals surface area contributed by atoms with Gasteiger partial charge in [-0.05, 0) is 6.42 Å². The Balaban J connectivity index is 2.43. The van der Waals surface area contributed by atoms with Crippen LogP contribution in [0.25, 0.3) is 0 Å². The Morgan fingerprint density at radius 2 is 2.14 bits per heavy atom. The molecule has 0 aliphatic rings. The first-order chi connectivity index (χ1) is 6.74. The van der Waals surface area contributed by atoms with Crippen molar-refractivity contribution >= 4 is 5.69 Å². The normalized spacial score (nSPS) is 10.4. The minimum atomic E-state index is -0.0881. The molecule has 0 aliphatic heterocycles. The lowest BCUT2D eigenvalue weighted by molar-refractivity contribution is 0.580. The zero-order chi connectivity index (χ0) is 10.4. The van der Waals surface area contributed by atoms with E-state index in [9.17, 15) is 4.79 Å². The smallest absolute Gasteiger partial charge is 0.204 e. The third-order valence-corrected chi connectivity index (χ3v) is 2.28. The first-order valence-electron chi connectivity index (χ1n) is 5.19. The average Bonchev–Trinajstić information content (AvgIpc) is 2.18. The topological polar surface area (TPSA) is 48.0 Å². The molecule has 3 nitrogen and oxygen atoms in total. The van der Waals surface area contributed by atoms with Gasteiger partial charge in [0.2, 0.25) is 5.43 Å². The van der Waals surface area contributed by atoms with Crippen molar-refractivity contribution in [3.8, 4) is 0 Å². The molecule has 0 radical (unpaired) electrons. The van der Waals surface area contributed by atoms with Crippen molar-refractivity contribution in [3.05, 3.63) is 28.7 Å². The van der Waals surface area contributed by atoms with Crippen molar-refractivity contribution in [2.45, 2.75) is 39.2 Å². The highest BCUT2D eigenvalue weighted by molar-refractivity contribution is 5.33. The number of rotatable bonds is 5. The molecule has 0 aromatic carbocycles. The minimum absolute atomic E-state index is 0.0881. The van der Waals surface area contributed by atoms with Crippen LogP contribution in [-0.2, 0) is 6.54 Å². The fourth-order valence-electron chi connectivity index (χ4n) is 1.41. The van der Waals surface area contributed by atoms with Crippen molar-refractivity contribution in [2.75, 3.05) is 5.73 Å². The Morgan fingerprint density at radius 1 is 1.36 bits per heavy atom. The Morgan fingerprint density at radius 3 is 2.79 bits per heavy atom. The maximum atomic E-state index is 11.0. The van der Waals surface area contributed by atoms with Gasteiger partial charge >= 0.3 is 0 Å². The van der Waals surface area contributed by atoms with E-state index in [0.717, 1.165) is 13.0 Å². The number of aryl methyl sites for hydroxylation is 1. The van der Waals surface area contributed by atoms with E-state index in [0.29, 0.717) is 5.69 Å². The summed E-state index contributed by atoms with van der Waals surface area (Å²) in [6.45, 7) is 3.14. The molecule has 0 unspecified atom stereocenters. The molecule has 1 rings (SSSR count). The molecule has 0 spiro atoms. The van der Waals surface area contributed by atoms with E-state index in [2.05, 4.69) is 6.92 Å². The largest absolute Gasteiger partial charge is 0.394 e. The Hall–Kier alpha value is -1.25. The van der Waals surface area contributed by atoms with Gasteiger partial charge in [-0.3, -0.25) is 4.79 Å². The molecule has 1 aromatic rings. The van der Waals surface area contributed by atoms with Crippen LogP contribution >= 0.6 is 0 Å². The maximum Gasteiger partial charge on any atom is 0.204 e. The number of aromatic nitrogens is 1. The molecule has 1 heterocycles. The SMILES string of the molecule is CCCCCCn1ccc(=O)c(N)c1. The van der Waals surface area contributed by atoms with Gasteiger partial charge in [0.05, 0.1) is 5.69 Å². The number of pyridine rings is 1. The summed E-state index contributed by atoms with van der Waals surface area (Å²) < 4.78 is 1.98. The fourth-order valence-corrected chi connectivity index (χ4v) is 1.41. The quantitative estimate of drug-likeness (QED) is 0.729. The van der Waals surface area contributed by atoms with Crippen molar-refractivity contribution in [3.63, 3.8) is 0 Å².